The first kappa shape index (κ1) is 15.3. The number of allylic oxidation sites excluding steroid dienone is 2. The lowest BCUT2D eigenvalue weighted by Gasteiger charge is -2.13. The Bertz CT molecular complexity index is 807. The SMILES string of the molecule is N#Cc1ccc2nc(C(F)(F)/C=C/CCC3CC3)c(O)nc2c1. The second-order valence-corrected chi connectivity index (χ2v) is 5.76. The molecule has 1 saturated carbocycles. The van der Waals surface area contributed by atoms with Crippen LogP contribution in [-0.2, 0) is 5.92 Å². The molecule has 1 N–H and O–H groups in total. The quantitative estimate of drug-likeness (QED) is 0.845. The van der Waals surface area contributed by atoms with Crippen LogP contribution < -0.4 is 0 Å². The van der Waals surface area contributed by atoms with Crippen molar-refractivity contribution in [3.05, 3.63) is 41.6 Å². The predicted octanol–water partition coefficient (Wildman–Crippen LogP) is 4.05. The molecular formula is C17H15F2N3O. The normalized spacial score (nSPS) is 15.2. The van der Waals surface area contributed by atoms with Gasteiger partial charge in [0.25, 0.3) is 0 Å². The largest absolute Gasteiger partial charge is 0.492 e. The van der Waals surface area contributed by atoms with Gasteiger partial charge in [0, 0.05) is 0 Å². The molecule has 1 aliphatic carbocycles. The summed E-state index contributed by atoms with van der Waals surface area (Å²) in [6, 6.07) is 6.24. The summed E-state index contributed by atoms with van der Waals surface area (Å²) in [5, 5.41) is 18.6. The molecule has 118 valence electrons. The van der Waals surface area contributed by atoms with Crippen molar-refractivity contribution in [2.45, 2.75) is 31.6 Å². The van der Waals surface area contributed by atoms with E-state index in [1.54, 1.807) is 0 Å². The van der Waals surface area contributed by atoms with Crippen molar-refractivity contribution in [3.63, 3.8) is 0 Å². The first-order chi connectivity index (χ1) is 11.0. The minimum Gasteiger partial charge on any atom is -0.492 e. The van der Waals surface area contributed by atoms with E-state index in [1.165, 1.54) is 37.1 Å². The fourth-order valence-electron chi connectivity index (χ4n) is 2.39. The highest BCUT2D eigenvalue weighted by Crippen LogP contribution is 2.36. The molecule has 0 atom stereocenters. The molecule has 23 heavy (non-hydrogen) atoms. The number of nitriles is 1. The molecule has 4 nitrogen and oxygen atoms in total. The monoisotopic (exact) mass is 315 g/mol. The average molecular weight is 315 g/mol. The first-order valence-electron chi connectivity index (χ1n) is 7.46. The molecule has 1 fully saturated rings. The van der Waals surface area contributed by atoms with Gasteiger partial charge in [-0.2, -0.15) is 14.0 Å². The Kier molecular flexibility index (Phi) is 3.95. The lowest BCUT2D eigenvalue weighted by atomic mass is 10.1. The number of fused-ring (bicyclic) bond motifs is 1. The molecule has 0 aliphatic heterocycles. The maximum Gasteiger partial charge on any atom is 0.313 e. The summed E-state index contributed by atoms with van der Waals surface area (Å²) in [7, 11) is 0. The molecule has 0 amide bonds. The fourth-order valence-corrected chi connectivity index (χ4v) is 2.39. The smallest absolute Gasteiger partial charge is 0.313 e. The molecule has 0 unspecified atom stereocenters. The van der Waals surface area contributed by atoms with E-state index in [0.29, 0.717) is 17.9 Å². The van der Waals surface area contributed by atoms with E-state index < -0.39 is 17.5 Å². The van der Waals surface area contributed by atoms with E-state index in [1.807, 2.05) is 6.07 Å². The lowest BCUT2D eigenvalue weighted by Crippen LogP contribution is -2.13. The molecule has 0 spiro atoms. The van der Waals surface area contributed by atoms with Crippen molar-refractivity contribution in [2.75, 3.05) is 0 Å². The molecule has 0 saturated heterocycles. The van der Waals surface area contributed by atoms with Gasteiger partial charge in [-0.3, -0.25) is 0 Å². The lowest BCUT2D eigenvalue weighted by molar-refractivity contribution is 0.0437. The van der Waals surface area contributed by atoms with Crippen molar-refractivity contribution in [2.24, 2.45) is 5.92 Å². The third-order valence-corrected chi connectivity index (χ3v) is 3.86. The Hall–Kier alpha value is -2.55. The van der Waals surface area contributed by atoms with Crippen LogP contribution >= 0.6 is 0 Å². The van der Waals surface area contributed by atoms with Crippen molar-refractivity contribution in [1.29, 1.82) is 5.26 Å². The van der Waals surface area contributed by atoms with Crippen molar-refractivity contribution in [1.82, 2.24) is 9.97 Å². The van der Waals surface area contributed by atoms with Crippen molar-refractivity contribution >= 4 is 11.0 Å². The number of rotatable bonds is 5. The Morgan fingerprint density at radius 3 is 2.78 bits per heavy atom. The third kappa shape index (κ3) is 3.45. The fraction of sp³-hybridized carbons (Fsp3) is 0.353. The van der Waals surface area contributed by atoms with Crippen LogP contribution in [0.3, 0.4) is 0 Å². The number of halogens is 2. The molecule has 2 aromatic rings. The zero-order valence-electron chi connectivity index (χ0n) is 12.3. The second kappa shape index (κ2) is 5.92. The van der Waals surface area contributed by atoms with Crippen LogP contribution in [0.15, 0.2) is 30.4 Å². The summed E-state index contributed by atoms with van der Waals surface area (Å²) in [5.41, 5.74) is -0.0234. The van der Waals surface area contributed by atoms with Gasteiger partial charge in [0.1, 0.15) is 0 Å². The van der Waals surface area contributed by atoms with E-state index in [0.717, 1.165) is 12.5 Å². The second-order valence-electron chi connectivity index (χ2n) is 5.76. The van der Waals surface area contributed by atoms with Crippen LogP contribution in [0.5, 0.6) is 5.88 Å². The van der Waals surface area contributed by atoms with Gasteiger partial charge in [0.2, 0.25) is 5.88 Å². The highest BCUT2D eigenvalue weighted by Gasteiger charge is 2.34. The molecule has 1 heterocycles. The zero-order valence-corrected chi connectivity index (χ0v) is 12.3. The van der Waals surface area contributed by atoms with Gasteiger partial charge >= 0.3 is 5.92 Å². The Balaban J connectivity index is 1.87. The maximum atomic E-state index is 14.2. The molecule has 3 rings (SSSR count). The minimum absolute atomic E-state index is 0.207. The number of aromatic nitrogens is 2. The molecular weight excluding hydrogens is 300 g/mol. The van der Waals surface area contributed by atoms with E-state index in [9.17, 15) is 13.9 Å². The number of aromatic hydroxyl groups is 1. The number of hydrogen-bond acceptors (Lipinski definition) is 4. The van der Waals surface area contributed by atoms with Gasteiger partial charge in [-0.1, -0.05) is 18.9 Å². The summed E-state index contributed by atoms with van der Waals surface area (Å²) >= 11 is 0. The molecule has 6 heteroatoms. The van der Waals surface area contributed by atoms with E-state index in [2.05, 4.69) is 9.97 Å². The number of benzene rings is 1. The van der Waals surface area contributed by atoms with Crippen LogP contribution in [0.2, 0.25) is 0 Å². The number of alkyl halides is 2. The van der Waals surface area contributed by atoms with Gasteiger partial charge < -0.3 is 5.11 Å². The van der Waals surface area contributed by atoms with Crippen LogP contribution in [0, 0.1) is 17.2 Å². The van der Waals surface area contributed by atoms with E-state index in [4.69, 9.17) is 5.26 Å². The summed E-state index contributed by atoms with van der Waals surface area (Å²) in [4.78, 5) is 7.57. The van der Waals surface area contributed by atoms with Crippen LogP contribution in [0.1, 0.15) is 36.9 Å². The topological polar surface area (TPSA) is 69.8 Å². The molecule has 0 radical (unpaired) electrons. The predicted molar refractivity (Wildman–Crippen MR) is 80.9 cm³/mol. The van der Waals surface area contributed by atoms with Gasteiger partial charge in [-0.15, -0.1) is 0 Å². The molecule has 1 aromatic carbocycles. The summed E-state index contributed by atoms with van der Waals surface area (Å²) in [6.07, 6.45) is 6.08. The molecule has 1 aliphatic rings. The van der Waals surface area contributed by atoms with Crippen LogP contribution in [0.25, 0.3) is 11.0 Å². The Morgan fingerprint density at radius 1 is 1.30 bits per heavy atom. The third-order valence-electron chi connectivity index (χ3n) is 3.86. The Morgan fingerprint density at radius 2 is 2.09 bits per heavy atom. The first-order valence-corrected chi connectivity index (χ1v) is 7.46. The zero-order chi connectivity index (χ0) is 16.4. The number of hydrogen-bond donors (Lipinski definition) is 1. The standard InChI is InChI=1S/C17H15F2N3O/c18-17(19,8-2-1-3-11-4-5-11)15-16(23)22-14-9-12(10-20)6-7-13(14)21-15/h2,6-9,11H,1,3-5H2,(H,22,23)/b8-2+. The average Bonchev–Trinajstić information content (AvgIpc) is 3.34. The van der Waals surface area contributed by atoms with Crippen LogP contribution in [-0.4, -0.2) is 15.1 Å². The van der Waals surface area contributed by atoms with Gasteiger partial charge in [-0.25, -0.2) is 9.97 Å². The minimum atomic E-state index is -3.39. The van der Waals surface area contributed by atoms with Crippen molar-refractivity contribution in [3.8, 4) is 11.9 Å². The van der Waals surface area contributed by atoms with Gasteiger partial charge in [0.05, 0.1) is 22.7 Å². The highest BCUT2D eigenvalue weighted by atomic mass is 19.3. The maximum absolute atomic E-state index is 14.2. The van der Waals surface area contributed by atoms with E-state index >= 15 is 0 Å². The summed E-state index contributed by atoms with van der Waals surface area (Å²) < 4.78 is 28.5. The summed E-state index contributed by atoms with van der Waals surface area (Å²) in [6.45, 7) is 0. The van der Waals surface area contributed by atoms with Gasteiger partial charge in [-0.05, 0) is 43.0 Å². The van der Waals surface area contributed by atoms with E-state index in [-0.39, 0.29) is 11.0 Å². The number of nitrogens with zero attached hydrogens (tertiary/aromatic N) is 3. The van der Waals surface area contributed by atoms with Gasteiger partial charge in [0.15, 0.2) is 5.69 Å². The van der Waals surface area contributed by atoms with Crippen LogP contribution in [0.4, 0.5) is 8.78 Å². The summed E-state index contributed by atoms with van der Waals surface area (Å²) in [5.74, 6) is -3.52. The molecule has 0 bridgehead atoms. The Labute approximate surface area is 132 Å². The molecule has 1 aromatic heterocycles. The highest BCUT2D eigenvalue weighted by molar-refractivity contribution is 5.76. The van der Waals surface area contributed by atoms with Crippen molar-refractivity contribution < 1.29 is 13.9 Å².